The Morgan fingerprint density at radius 1 is 1.03 bits per heavy atom. The molecule has 0 spiro atoms. The molecular formula is C23H24F2N4O2. The van der Waals surface area contributed by atoms with Gasteiger partial charge in [-0.05, 0) is 43.5 Å². The summed E-state index contributed by atoms with van der Waals surface area (Å²) in [6.45, 7) is 3.84. The summed E-state index contributed by atoms with van der Waals surface area (Å²) in [5.74, 6) is 0.385. The van der Waals surface area contributed by atoms with Crippen LogP contribution in [0.3, 0.4) is 0 Å². The lowest BCUT2D eigenvalue weighted by Crippen LogP contribution is -2.34. The second kappa shape index (κ2) is 8.63. The maximum Gasteiger partial charge on any atom is 0.229 e. The smallest absolute Gasteiger partial charge is 0.229 e. The van der Waals surface area contributed by atoms with Gasteiger partial charge in [0.15, 0.2) is 11.6 Å². The Morgan fingerprint density at radius 2 is 1.90 bits per heavy atom. The number of benzene rings is 1. The first-order valence-electron chi connectivity index (χ1n) is 10.7. The Kier molecular flexibility index (Phi) is 5.55. The summed E-state index contributed by atoms with van der Waals surface area (Å²) in [5.41, 5.74) is 1.76. The van der Waals surface area contributed by atoms with Gasteiger partial charge in [0, 0.05) is 38.7 Å². The highest BCUT2D eigenvalue weighted by Gasteiger charge is 2.27. The average molecular weight is 426 g/mol. The summed E-state index contributed by atoms with van der Waals surface area (Å²) < 4.78 is 39.1. The van der Waals surface area contributed by atoms with E-state index in [4.69, 9.17) is 14.1 Å². The van der Waals surface area contributed by atoms with Crippen molar-refractivity contribution in [2.24, 2.45) is 0 Å². The monoisotopic (exact) mass is 426 g/mol. The van der Waals surface area contributed by atoms with Crippen molar-refractivity contribution in [3.63, 3.8) is 0 Å². The van der Waals surface area contributed by atoms with E-state index in [1.165, 1.54) is 18.6 Å². The van der Waals surface area contributed by atoms with Crippen molar-refractivity contribution in [1.82, 2.24) is 14.9 Å². The van der Waals surface area contributed by atoms with Crippen LogP contribution in [0.25, 0.3) is 0 Å². The molecule has 0 amide bonds. The molecule has 6 nitrogen and oxygen atoms in total. The molecule has 2 aliphatic rings. The van der Waals surface area contributed by atoms with Crippen molar-refractivity contribution in [3.05, 3.63) is 65.2 Å². The van der Waals surface area contributed by atoms with Crippen LogP contribution in [0.1, 0.15) is 36.3 Å². The molecule has 0 radical (unpaired) electrons. The predicted octanol–water partition coefficient (Wildman–Crippen LogP) is 4.69. The molecule has 162 valence electrons. The maximum atomic E-state index is 14.3. The fraction of sp³-hybridized carbons (Fsp3) is 0.391. The SMILES string of the molecule is Fc1ccc(Oc2nc(N3CCCCC3)nc3c2CN(Cc2ccco2)CC3)c(F)c1. The van der Waals surface area contributed by atoms with Gasteiger partial charge in [-0.15, -0.1) is 0 Å². The third kappa shape index (κ3) is 4.39. The second-order valence-corrected chi connectivity index (χ2v) is 8.02. The Bertz CT molecular complexity index is 1050. The number of anilines is 1. The predicted molar refractivity (Wildman–Crippen MR) is 111 cm³/mol. The fourth-order valence-corrected chi connectivity index (χ4v) is 4.17. The summed E-state index contributed by atoms with van der Waals surface area (Å²) in [4.78, 5) is 13.9. The lowest BCUT2D eigenvalue weighted by atomic mass is 10.1. The highest BCUT2D eigenvalue weighted by atomic mass is 19.1. The number of piperidine rings is 1. The quantitative estimate of drug-likeness (QED) is 0.590. The molecule has 0 N–H and O–H groups in total. The van der Waals surface area contributed by atoms with E-state index in [2.05, 4.69) is 14.8 Å². The first-order valence-corrected chi connectivity index (χ1v) is 10.7. The summed E-state index contributed by atoms with van der Waals surface area (Å²) in [6, 6.07) is 7.10. The van der Waals surface area contributed by atoms with Crippen molar-refractivity contribution >= 4 is 5.95 Å². The topological polar surface area (TPSA) is 54.6 Å². The molecule has 0 aliphatic carbocycles. The molecule has 1 saturated heterocycles. The van der Waals surface area contributed by atoms with Gasteiger partial charge in [0.1, 0.15) is 11.6 Å². The number of aromatic nitrogens is 2. The van der Waals surface area contributed by atoms with E-state index >= 15 is 0 Å². The first-order chi connectivity index (χ1) is 15.2. The third-order valence-electron chi connectivity index (χ3n) is 5.79. The molecule has 3 aromatic rings. The van der Waals surface area contributed by atoms with E-state index < -0.39 is 11.6 Å². The van der Waals surface area contributed by atoms with Crippen LogP contribution in [0, 0.1) is 11.6 Å². The van der Waals surface area contributed by atoms with Crippen LogP contribution in [0.2, 0.25) is 0 Å². The Balaban J connectivity index is 1.48. The summed E-state index contributed by atoms with van der Waals surface area (Å²) in [5, 5.41) is 0. The largest absolute Gasteiger partial charge is 0.468 e. The van der Waals surface area contributed by atoms with Gasteiger partial charge < -0.3 is 14.1 Å². The molecule has 5 rings (SSSR count). The van der Waals surface area contributed by atoms with Crippen LogP contribution in [-0.2, 0) is 19.5 Å². The van der Waals surface area contributed by atoms with E-state index in [-0.39, 0.29) is 5.75 Å². The lowest BCUT2D eigenvalue weighted by Gasteiger charge is -2.31. The second-order valence-electron chi connectivity index (χ2n) is 8.02. The van der Waals surface area contributed by atoms with E-state index in [9.17, 15) is 8.78 Å². The molecule has 8 heteroatoms. The van der Waals surface area contributed by atoms with Crippen LogP contribution >= 0.6 is 0 Å². The van der Waals surface area contributed by atoms with Gasteiger partial charge in [-0.3, -0.25) is 4.90 Å². The lowest BCUT2D eigenvalue weighted by molar-refractivity contribution is 0.219. The van der Waals surface area contributed by atoms with Crippen LogP contribution in [0.4, 0.5) is 14.7 Å². The van der Waals surface area contributed by atoms with Crippen molar-refractivity contribution in [1.29, 1.82) is 0 Å². The molecule has 1 fully saturated rings. The normalized spacial score (nSPS) is 16.9. The molecule has 1 aromatic carbocycles. The number of fused-ring (bicyclic) bond motifs is 1. The molecule has 2 aromatic heterocycles. The minimum Gasteiger partial charge on any atom is -0.468 e. The Morgan fingerprint density at radius 3 is 2.68 bits per heavy atom. The van der Waals surface area contributed by atoms with E-state index in [1.807, 2.05) is 12.1 Å². The molecular weight excluding hydrogens is 402 g/mol. The number of hydrogen-bond acceptors (Lipinski definition) is 6. The summed E-state index contributed by atoms with van der Waals surface area (Å²) in [7, 11) is 0. The van der Waals surface area contributed by atoms with E-state index in [0.717, 1.165) is 62.0 Å². The van der Waals surface area contributed by atoms with Gasteiger partial charge in [0.25, 0.3) is 0 Å². The Labute approximate surface area is 179 Å². The number of halogens is 2. The number of furan rings is 1. The maximum absolute atomic E-state index is 14.3. The van der Waals surface area contributed by atoms with Gasteiger partial charge in [0.05, 0.1) is 24.1 Å². The molecule has 4 heterocycles. The van der Waals surface area contributed by atoms with Gasteiger partial charge in [0.2, 0.25) is 11.8 Å². The van der Waals surface area contributed by atoms with Crippen molar-refractivity contribution in [2.45, 2.75) is 38.8 Å². The van der Waals surface area contributed by atoms with Gasteiger partial charge >= 0.3 is 0 Å². The molecule has 0 bridgehead atoms. The zero-order valence-corrected chi connectivity index (χ0v) is 17.2. The standard InChI is InChI=1S/C23H24F2N4O2/c24-16-6-7-21(19(25)13-16)31-22-18-15-28(14-17-5-4-12-30-17)11-8-20(18)26-23(27-22)29-9-2-1-3-10-29/h4-7,12-13H,1-3,8-11,14-15H2. The highest BCUT2D eigenvalue weighted by Crippen LogP contribution is 2.33. The van der Waals surface area contributed by atoms with Crippen molar-refractivity contribution in [2.75, 3.05) is 24.5 Å². The van der Waals surface area contributed by atoms with Gasteiger partial charge in [-0.1, -0.05) is 0 Å². The van der Waals surface area contributed by atoms with Crippen LogP contribution in [0.15, 0.2) is 41.0 Å². The van der Waals surface area contributed by atoms with Gasteiger partial charge in [-0.25, -0.2) is 13.8 Å². The van der Waals surface area contributed by atoms with Gasteiger partial charge in [-0.2, -0.15) is 4.98 Å². The molecule has 2 aliphatic heterocycles. The van der Waals surface area contributed by atoms with Crippen LogP contribution in [0.5, 0.6) is 11.6 Å². The molecule has 0 saturated carbocycles. The molecule has 0 unspecified atom stereocenters. The summed E-state index contributed by atoms with van der Waals surface area (Å²) in [6.07, 6.45) is 5.79. The third-order valence-corrected chi connectivity index (χ3v) is 5.79. The van der Waals surface area contributed by atoms with Crippen LogP contribution < -0.4 is 9.64 Å². The first kappa shape index (κ1) is 19.9. The summed E-state index contributed by atoms with van der Waals surface area (Å²) >= 11 is 0. The molecule has 31 heavy (non-hydrogen) atoms. The number of hydrogen-bond donors (Lipinski definition) is 0. The number of ether oxygens (including phenoxy) is 1. The van der Waals surface area contributed by atoms with Crippen molar-refractivity contribution < 1.29 is 17.9 Å². The van der Waals surface area contributed by atoms with E-state index in [1.54, 1.807) is 6.26 Å². The zero-order chi connectivity index (χ0) is 21.2. The number of nitrogens with zero attached hydrogens (tertiary/aromatic N) is 4. The number of rotatable bonds is 5. The van der Waals surface area contributed by atoms with Crippen LogP contribution in [-0.4, -0.2) is 34.5 Å². The minimum absolute atomic E-state index is 0.0462. The highest BCUT2D eigenvalue weighted by molar-refractivity contribution is 5.44. The Hall–Kier alpha value is -3.00. The average Bonchev–Trinajstić information content (AvgIpc) is 3.29. The van der Waals surface area contributed by atoms with E-state index in [0.29, 0.717) is 24.9 Å². The molecule has 0 atom stereocenters. The zero-order valence-electron chi connectivity index (χ0n) is 17.2. The fourth-order valence-electron chi connectivity index (χ4n) is 4.17. The minimum atomic E-state index is -0.755. The van der Waals surface area contributed by atoms with Crippen molar-refractivity contribution in [3.8, 4) is 11.6 Å².